The van der Waals surface area contributed by atoms with Gasteiger partial charge in [0.1, 0.15) is 17.5 Å². The number of pyridine rings is 2. The summed E-state index contributed by atoms with van der Waals surface area (Å²) in [6.45, 7) is 3.38. The molecule has 1 N–H and O–H groups in total. The summed E-state index contributed by atoms with van der Waals surface area (Å²) in [6, 6.07) is 8.22. The highest BCUT2D eigenvalue weighted by molar-refractivity contribution is 6.03. The number of carbonyl (C=O) groups excluding carboxylic acids is 1. The van der Waals surface area contributed by atoms with Crippen molar-refractivity contribution >= 4 is 11.7 Å². The highest BCUT2D eigenvalue weighted by atomic mass is 19.1. The second-order valence-corrected chi connectivity index (χ2v) is 7.39. The Bertz CT molecular complexity index is 1010. The van der Waals surface area contributed by atoms with E-state index in [1.165, 1.54) is 12.3 Å². The van der Waals surface area contributed by atoms with Gasteiger partial charge in [-0.3, -0.25) is 19.7 Å². The summed E-state index contributed by atoms with van der Waals surface area (Å²) in [5.41, 5.74) is 2.11. The van der Waals surface area contributed by atoms with Gasteiger partial charge in [-0.1, -0.05) is 6.42 Å². The third kappa shape index (κ3) is 4.83. The molecule has 1 atom stereocenters. The molecule has 3 aromatic rings. The minimum absolute atomic E-state index is 0.0158. The second-order valence-electron chi connectivity index (χ2n) is 7.39. The zero-order valence-corrected chi connectivity index (χ0v) is 16.8. The average molecular weight is 406 g/mol. The fourth-order valence-corrected chi connectivity index (χ4v) is 3.68. The maximum atomic E-state index is 13.2. The van der Waals surface area contributed by atoms with Crippen LogP contribution in [-0.2, 0) is 6.54 Å². The van der Waals surface area contributed by atoms with E-state index in [9.17, 15) is 9.18 Å². The fourth-order valence-electron chi connectivity index (χ4n) is 3.68. The monoisotopic (exact) mass is 406 g/mol. The Morgan fingerprint density at radius 1 is 1.20 bits per heavy atom. The minimum atomic E-state index is -0.342. The van der Waals surface area contributed by atoms with Gasteiger partial charge in [0.05, 0.1) is 17.9 Å². The van der Waals surface area contributed by atoms with Gasteiger partial charge in [0.2, 0.25) is 0 Å². The summed E-state index contributed by atoms with van der Waals surface area (Å²) in [5.74, 6) is 0.578. The number of aryl methyl sites for hydroxylation is 1. The number of nitrogens with one attached hydrogen (secondary N) is 1. The van der Waals surface area contributed by atoms with E-state index in [1.807, 2.05) is 6.92 Å². The average Bonchev–Trinajstić information content (AvgIpc) is 2.76. The Morgan fingerprint density at radius 2 is 2.03 bits per heavy atom. The van der Waals surface area contributed by atoms with Gasteiger partial charge in [-0.05, 0) is 50.6 Å². The number of piperidine rings is 1. The molecule has 4 rings (SSSR count). The van der Waals surface area contributed by atoms with Crippen LogP contribution in [-0.4, -0.2) is 37.3 Å². The van der Waals surface area contributed by atoms with Gasteiger partial charge >= 0.3 is 0 Å². The first-order chi connectivity index (χ1) is 14.6. The van der Waals surface area contributed by atoms with E-state index in [0.29, 0.717) is 23.8 Å². The molecule has 0 aromatic carbocycles. The van der Waals surface area contributed by atoms with Crippen LogP contribution in [0.2, 0.25) is 0 Å². The van der Waals surface area contributed by atoms with Crippen LogP contribution in [0.15, 0.2) is 48.9 Å². The molecule has 154 valence electrons. The van der Waals surface area contributed by atoms with Gasteiger partial charge in [0, 0.05) is 36.3 Å². The smallest absolute Gasteiger partial charge is 0.256 e. The van der Waals surface area contributed by atoms with Crippen LogP contribution >= 0.6 is 0 Å². The summed E-state index contributed by atoms with van der Waals surface area (Å²) in [4.78, 5) is 32.2. The molecule has 3 aromatic heterocycles. The molecule has 1 aliphatic heterocycles. The van der Waals surface area contributed by atoms with Crippen molar-refractivity contribution in [2.45, 2.75) is 38.8 Å². The van der Waals surface area contributed by atoms with Gasteiger partial charge in [-0.15, -0.1) is 0 Å². The first-order valence-electron chi connectivity index (χ1n) is 10.00. The SMILES string of the molecule is Cc1cc(NC(=O)c2ccncc2)nc(C2CCCCN2Cc2ccc(F)cn2)n1. The van der Waals surface area contributed by atoms with Crippen molar-refractivity contribution in [1.29, 1.82) is 0 Å². The van der Waals surface area contributed by atoms with Crippen molar-refractivity contribution in [3.05, 3.63) is 77.5 Å². The molecule has 1 unspecified atom stereocenters. The highest BCUT2D eigenvalue weighted by Crippen LogP contribution is 2.30. The molecule has 1 saturated heterocycles. The van der Waals surface area contributed by atoms with Gasteiger partial charge < -0.3 is 5.32 Å². The third-order valence-corrected chi connectivity index (χ3v) is 5.12. The number of amides is 1. The number of anilines is 1. The Labute approximate surface area is 174 Å². The molecule has 0 spiro atoms. The van der Waals surface area contributed by atoms with E-state index >= 15 is 0 Å². The van der Waals surface area contributed by atoms with Gasteiger partial charge in [-0.2, -0.15) is 0 Å². The molecular weight excluding hydrogens is 383 g/mol. The van der Waals surface area contributed by atoms with E-state index in [0.717, 1.165) is 37.2 Å². The summed E-state index contributed by atoms with van der Waals surface area (Å²) < 4.78 is 13.2. The van der Waals surface area contributed by atoms with Crippen molar-refractivity contribution < 1.29 is 9.18 Å². The minimum Gasteiger partial charge on any atom is -0.306 e. The molecule has 0 bridgehead atoms. The van der Waals surface area contributed by atoms with Crippen molar-refractivity contribution in [1.82, 2.24) is 24.8 Å². The quantitative estimate of drug-likeness (QED) is 0.696. The molecule has 0 aliphatic carbocycles. The topological polar surface area (TPSA) is 83.9 Å². The second kappa shape index (κ2) is 9.04. The Morgan fingerprint density at radius 3 is 2.80 bits per heavy atom. The van der Waals surface area contributed by atoms with Crippen LogP contribution in [0, 0.1) is 12.7 Å². The number of halogens is 1. The largest absolute Gasteiger partial charge is 0.306 e. The maximum absolute atomic E-state index is 13.2. The fraction of sp³-hybridized carbons (Fsp3) is 0.318. The number of nitrogens with zero attached hydrogens (tertiary/aromatic N) is 5. The number of aromatic nitrogens is 4. The van der Waals surface area contributed by atoms with Gasteiger partial charge in [0.15, 0.2) is 0 Å². The summed E-state index contributed by atoms with van der Waals surface area (Å²) in [7, 11) is 0. The van der Waals surface area contributed by atoms with Crippen LogP contribution < -0.4 is 5.32 Å². The standard InChI is InChI=1S/C22H23FN6O/c1-15-12-20(28-22(30)16-7-9-24-10-8-16)27-21(26-15)19-4-2-3-11-29(19)14-18-6-5-17(23)13-25-18/h5-10,12-13,19H,2-4,11,14H2,1H3,(H,26,27,28,30). The van der Waals surface area contributed by atoms with Gasteiger partial charge in [0.25, 0.3) is 5.91 Å². The molecule has 1 fully saturated rings. The maximum Gasteiger partial charge on any atom is 0.256 e. The summed E-state index contributed by atoms with van der Waals surface area (Å²) in [5, 5.41) is 2.86. The lowest BCUT2D eigenvalue weighted by atomic mass is 10.0. The van der Waals surface area contributed by atoms with Crippen molar-refractivity contribution in [3.8, 4) is 0 Å². The Hall–Kier alpha value is -3.26. The lowest BCUT2D eigenvalue weighted by molar-refractivity contribution is 0.102. The predicted octanol–water partition coefficient (Wildman–Crippen LogP) is 3.69. The Balaban J connectivity index is 1.55. The van der Waals surface area contributed by atoms with Gasteiger partial charge in [-0.25, -0.2) is 14.4 Å². The summed E-state index contributed by atoms with van der Waals surface area (Å²) in [6.07, 6.45) is 7.47. The number of hydrogen-bond donors (Lipinski definition) is 1. The first kappa shape index (κ1) is 20.0. The molecule has 4 heterocycles. The molecular formula is C22H23FN6O. The van der Waals surface area contributed by atoms with E-state index in [-0.39, 0.29) is 17.8 Å². The molecule has 1 amide bonds. The van der Waals surface area contributed by atoms with E-state index < -0.39 is 0 Å². The van der Waals surface area contributed by atoms with E-state index in [4.69, 9.17) is 0 Å². The first-order valence-corrected chi connectivity index (χ1v) is 10.00. The molecule has 7 nitrogen and oxygen atoms in total. The number of rotatable bonds is 5. The number of likely N-dealkylation sites (tertiary alicyclic amines) is 1. The lowest BCUT2D eigenvalue weighted by Gasteiger charge is -2.34. The number of carbonyl (C=O) groups is 1. The van der Waals surface area contributed by atoms with Crippen LogP contribution in [0.25, 0.3) is 0 Å². The van der Waals surface area contributed by atoms with E-state index in [1.54, 1.807) is 36.7 Å². The highest BCUT2D eigenvalue weighted by Gasteiger charge is 2.27. The zero-order valence-electron chi connectivity index (χ0n) is 16.8. The molecule has 8 heteroatoms. The molecule has 0 saturated carbocycles. The van der Waals surface area contributed by atoms with Crippen molar-refractivity contribution in [2.75, 3.05) is 11.9 Å². The molecule has 1 aliphatic rings. The zero-order chi connectivity index (χ0) is 20.9. The Kier molecular flexibility index (Phi) is 6.04. The van der Waals surface area contributed by atoms with Crippen LogP contribution in [0.3, 0.4) is 0 Å². The third-order valence-electron chi connectivity index (χ3n) is 5.12. The molecule has 0 radical (unpaired) electrons. The summed E-state index contributed by atoms with van der Waals surface area (Å²) >= 11 is 0. The van der Waals surface area contributed by atoms with Crippen molar-refractivity contribution in [3.63, 3.8) is 0 Å². The number of hydrogen-bond acceptors (Lipinski definition) is 6. The normalized spacial score (nSPS) is 16.9. The lowest BCUT2D eigenvalue weighted by Crippen LogP contribution is -2.34. The van der Waals surface area contributed by atoms with Crippen molar-refractivity contribution in [2.24, 2.45) is 0 Å². The van der Waals surface area contributed by atoms with E-state index in [2.05, 4.69) is 30.2 Å². The van der Waals surface area contributed by atoms with Crippen LogP contribution in [0.4, 0.5) is 10.2 Å². The van der Waals surface area contributed by atoms with Crippen LogP contribution in [0.5, 0.6) is 0 Å². The van der Waals surface area contributed by atoms with Crippen LogP contribution in [0.1, 0.15) is 52.9 Å². The predicted molar refractivity (Wildman–Crippen MR) is 110 cm³/mol. The molecule has 30 heavy (non-hydrogen) atoms.